The summed E-state index contributed by atoms with van der Waals surface area (Å²) >= 11 is 0. The minimum Gasteiger partial charge on any atom is -0.325 e. The number of ether oxygens (including phenoxy) is 1. The largest absolute Gasteiger partial charge is 0.325 e. The second-order valence-corrected chi connectivity index (χ2v) is 13.9. The van der Waals surface area contributed by atoms with Crippen LogP contribution in [0.5, 0.6) is 0 Å². The van der Waals surface area contributed by atoms with Crippen LogP contribution >= 0.6 is 0 Å². The molecule has 1 spiro atoms. The fraction of sp³-hybridized carbons (Fsp3) is 0.600. The Kier molecular flexibility index (Phi) is 6.01. The maximum Gasteiger partial charge on any atom is 0.229 e. The summed E-state index contributed by atoms with van der Waals surface area (Å²) in [6.07, 6.45) is 11.0. The molecule has 5 heteroatoms. The van der Waals surface area contributed by atoms with Crippen molar-refractivity contribution in [3.63, 3.8) is 0 Å². The molecule has 3 aliphatic carbocycles. The second-order valence-electron chi connectivity index (χ2n) is 13.9. The number of piperidine rings is 1. The summed E-state index contributed by atoms with van der Waals surface area (Å²) in [6.45, 7) is 5.43. The van der Waals surface area contributed by atoms with Crippen molar-refractivity contribution < 1.29 is 9.53 Å². The lowest BCUT2D eigenvalue weighted by Crippen LogP contribution is -2.59. The van der Waals surface area contributed by atoms with Crippen molar-refractivity contribution in [1.82, 2.24) is 9.80 Å². The van der Waals surface area contributed by atoms with Gasteiger partial charge in [-0.25, -0.2) is 0 Å². The van der Waals surface area contributed by atoms with Crippen LogP contribution in [-0.4, -0.2) is 52.5 Å². The molecule has 210 valence electrons. The molecule has 3 aliphatic heterocycles. The molecule has 4 fully saturated rings. The Labute approximate surface area is 239 Å². The van der Waals surface area contributed by atoms with E-state index in [4.69, 9.17) is 9.73 Å². The minimum atomic E-state index is -0.627. The second kappa shape index (κ2) is 9.52. The molecule has 8 rings (SSSR count). The van der Waals surface area contributed by atoms with E-state index in [0.29, 0.717) is 17.7 Å². The lowest BCUT2D eigenvalue weighted by molar-refractivity contribution is -0.164. The first-order valence-corrected chi connectivity index (χ1v) is 16.0. The number of carbonyl (C=O) groups is 1. The summed E-state index contributed by atoms with van der Waals surface area (Å²) < 4.78 is 7.21. The first-order chi connectivity index (χ1) is 19.5. The van der Waals surface area contributed by atoms with Crippen LogP contribution in [-0.2, 0) is 22.5 Å². The predicted octanol–water partition coefficient (Wildman–Crippen LogP) is 6.32. The van der Waals surface area contributed by atoms with Crippen LogP contribution in [0.1, 0.15) is 87.3 Å². The Morgan fingerprint density at radius 1 is 0.925 bits per heavy atom. The Balaban J connectivity index is 1.12. The topological polar surface area (TPSA) is 45.1 Å². The standard InChI is InChI=1S/C35H43N3O2/c1-34-21-26-14-8-9-15-28(26)29(34)20-31-35(40-32(36-31)25-12-6-3-7-13-25)22-30(34)33(39)38(35)27-16-18-37(19-17-27)23-24-10-4-2-5-11-24/h2,4-5,8-11,14-15,25,27,29-30,32H,3,6-7,12-13,16-23H2,1H3/t29-,30-,32-,34+,35+/m1/s1. The number of fused-ring (bicyclic) bond motifs is 5. The summed E-state index contributed by atoms with van der Waals surface area (Å²) in [6, 6.07) is 20.0. The highest BCUT2D eigenvalue weighted by atomic mass is 16.6. The van der Waals surface area contributed by atoms with Crippen molar-refractivity contribution in [1.29, 1.82) is 0 Å². The van der Waals surface area contributed by atoms with Crippen LogP contribution < -0.4 is 0 Å². The quantitative estimate of drug-likeness (QED) is 0.458. The number of aliphatic imine (C=N–C) groups is 1. The molecule has 2 saturated carbocycles. The molecule has 0 N–H and O–H groups in total. The predicted molar refractivity (Wildman–Crippen MR) is 157 cm³/mol. The van der Waals surface area contributed by atoms with Crippen molar-refractivity contribution in [2.45, 2.75) is 102 Å². The van der Waals surface area contributed by atoms with Gasteiger partial charge in [-0.15, -0.1) is 0 Å². The van der Waals surface area contributed by atoms with Crippen molar-refractivity contribution in [2.24, 2.45) is 22.2 Å². The van der Waals surface area contributed by atoms with Gasteiger partial charge in [0.2, 0.25) is 5.91 Å². The molecule has 5 nitrogen and oxygen atoms in total. The van der Waals surface area contributed by atoms with Gasteiger partial charge in [-0.1, -0.05) is 80.8 Å². The molecule has 2 aromatic rings. The first-order valence-electron chi connectivity index (χ1n) is 16.0. The highest BCUT2D eigenvalue weighted by Crippen LogP contribution is 2.63. The Bertz CT molecular complexity index is 1310. The number of carbonyl (C=O) groups excluding carboxylic acids is 1. The molecule has 40 heavy (non-hydrogen) atoms. The number of nitrogens with zero attached hydrogens (tertiary/aromatic N) is 3. The molecule has 2 aromatic carbocycles. The van der Waals surface area contributed by atoms with Gasteiger partial charge in [0.1, 0.15) is 0 Å². The average molecular weight is 538 g/mol. The Morgan fingerprint density at radius 3 is 2.48 bits per heavy atom. The van der Waals surface area contributed by atoms with Gasteiger partial charge in [-0.2, -0.15) is 0 Å². The van der Waals surface area contributed by atoms with E-state index in [1.807, 2.05) is 0 Å². The lowest BCUT2D eigenvalue weighted by Gasteiger charge is -2.46. The number of hydrogen-bond acceptors (Lipinski definition) is 4. The molecule has 2 bridgehead atoms. The number of likely N-dealkylation sites (tertiary alicyclic amines) is 2. The fourth-order valence-electron chi connectivity index (χ4n) is 9.55. The third kappa shape index (κ3) is 3.80. The molecular formula is C35H43N3O2. The SMILES string of the molecule is C[C@]12Cc3ccccc3[C@H]1CC1=N[C@@H](C3CCCCC3)O[C@@]13C[C@@H]2C(=O)N3C1CCN(Cc2ccccc2)CC1. The zero-order valence-electron chi connectivity index (χ0n) is 23.9. The third-order valence-electron chi connectivity index (χ3n) is 11.7. The summed E-state index contributed by atoms with van der Waals surface area (Å²) in [7, 11) is 0. The summed E-state index contributed by atoms with van der Waals surface area (Å²) in [5.74, 6) is 1.18. The van der Waals surface area contributed by atoms with Crippen molar-refractivity contribution in [3.8, 4) is 0 Å². The van der Waals surface area contributed by atoms with Gasteiger partial charge in [0.05, 0.1) is 5.71 Å². The van der Waals surface area contributed by atoms with Crippen molar-refractivity contribution in [3.05, 3.63) is 71.3 Å². The highest BCUT2D eigenvalue weighted by Gasteiger charge is 2.68. The van der Waals surface area contributed by atoms with E-state index < -0.39 is 5.72 Å². The van der Waals surface area contributed by atoms with Crippen LogP contribution in [0.15, 0.2) is 59.6 Å². The number of hydrogen-bond donors (Lipinski definition) is 0. The molecule has 2 saturated heterocycles. The Hall–Kier alpha value is -2.50. The third-order valence-corrected chi connectivity index (χ3v) is 11.7. The molecule has 6 aliphatic rings. The smallest absolute Gasteiger partial charge is 0.229 e. The van der Waals surface area contributed by atoms with Gasteiger partial charge in [0.15, 0.2) is 12.0 Å². The molecule has 0 unspecified atom stereocenters. The van der Waals surface area contributed by atoms with Crippen LogP contribution in [0.4, 0.5) is 0 Å². The van der Waals surface area contributed by atoms with E-state index in [9.17, 15) is 4.79 Å². The number of amides is 1. The van der Waals surface area contributed by atoms with E-state index in [1.165, 1.54) is 54.5 Å². The van der Waals surface area contributed by atoms with Gasteiger partial charge in [-0.05, 0) is 66.5 Å². The maximum atomic E-state index is 14.7. The van der Waals surface area contributed by atoms with Gasteiger partial charge in [0, 0.05) is 43.9 Å². The summed E-state index contributed by atoms with van der Waals surface area (Å²) in [5, 5.41) is 0. The van der Waals surface area contributed by atoms with Gasteiger partial charge in [0.25, 0.3) is 0 Å². The van der Waals surface area contributed by atoms with Gasteiger partial charge < -0.3 is 9.64 Å². The van der Waals surface area contributed by atoms with E-state index in [0.717, 1.165) is 51.7 Å². The van der Waals surface area contributed by atoms with Crippen LogP contribution in [0.2, 0.25) is 0 Å². The van der Waals surface area contributed by atoms with Crippen molar-refractivity contribution in [2.75, 3.05) is 13.1 Å². The maximum absolute atomic E-state index is 14.7. The molecule has 0 aromatic heterocycles. The van der Waals surface area contributed by atoms with Gasteiger partial charge >= 0.3 is 0 Å². The van der Waals surface area contributed by atoms with E-state index in [-0.39, 0.29) is 23.6 Å². The fourth-order valence-corrected chi connectivity index (χ4v) is 9.55. The highest BCUT2D eigenvalue weighted by molar-refractivity contribution is 6.02. The van der Waals surface area contributed by atoms with Crippen LogP contribution in [0, 0.1) is 17.3 Å². The van der Waals surface area contributed by atoms with E-state index in [2.05, 4.69) is 71.3 Å². The number of benzene rings is 2. The van der Waals surface area contributed by atoms with Crippen LogP contribution in [0.3, 0.4) is 0 Å². The Morgan fingerprint density at radius 2 is 1.68 bits per heavy atom. The lowest BCUT2D eigenvalue weighted by atomic mass is 9.67. The number of rotatable bonds is 4. The average Bonchev–Trinajstić information content (AvgIpc) is 3.58. The molecule has 3 heterocycles. The molecular weight excluding hydrogens is 494 g/mol. The summed E-state index contributed by atoms with van der Waals surface area (Å²) in [5.41, 5.74) is 4.74. The van der Waals surface area contributed by atoms with Crippen LogP contribution in [0.25, 0.3) is 0 Å². The normalized spacial score (nSPS) is 36.2. The first kappa shape index (κ1) is 25.2. The van der Waals surface area contributed by atoms with Gasteiger partial charge in [-0.3, -0.25) is 14.7 Å². The monoisotopic (exact) mass is 537 g/mol. The molecule has 0 radical (unpaired) electrons. The zero-order chi connectivity index (χ0) is 26.9. The summed E-state index contributed by atoms with van der Waals surface area (Å²) in [4.78, 5) is 25.0. The minimum absolute atomic E-state index is 0.00921. The van der Waals surface area contributed by atoms with E-state index in [1.54, 1.807) is 0 Å². The zero-order valence-corrected chi connectivity index (χ0v) is 23.9. The van der Waals surface area contributed by atoms with Crippen molar-refractivity contribution >= 4 is 11.6 Å². The molecule has 1 amide bonds. The molecule has 5 atom stereocenters. The van der Waals surface area contributed by atoms with E-state index >= 15 is 0 Å².